The van der Waals surface area contributed by atoms with Gasteiger partial charge in [0.1, 0.15) is 0 Å². The smallest absolute Gasteiger partial charge is 0.435 e. The van der Waals surface area contributed by atoms with E-state index in [9.17, 15) is 18.0 Å². The molecule has 1 aromatic carbocycles. The minimum atomic E-state index is -4.79. The summed E-state index contributed by atoms with van der Waals surface area (Å²) in [6.45, 7) is 0. The lowest BCUT2D eigenvalue weighted by atomic mass is 10.3. The monoisotopic (exact) mass is 286 g/mol. The molecule has 3 aromatic rings. The first kappa shape index (κ1) is 12.0. The molecule has 2 aromatic heterocycles. The molecule has 0 saturated carbocycles. The van der Waals surface area contributed by atoms with Gasteiger partial charge in [0.2, 0.25) is 0 Å². The molecule has 2 heterocycles. The summed E-state index contributed by atoms with van der Waals surface area (Å²) in [7, 11) is 0. The second kappa shape index (κ2) is 3.70. The zero-order valence-electron chi connectivity index (χ0n) is 9.10. The second-order valence-corrected chi connectivity index (χ2v) is 4.81. The lowest BCUT2D eigenvalue weighted by Gasteiger charge is -2.04. The molecule has 0 amide bonds. The zero-order chi connectivity index (χ0) is 13.8. The SMILES string of the molecule is O=C(O)c1c(C(F)(F)F)nc2sc3ccccc3n12. The van der Waals surface area contributed by atoms with Gasteiger partial charge in [-0.3, -0.25) is 4.40 Å². The maximum absolute atomic E-state index is 12.8. The number of aromatic carboxylic acids is 1. The molecule has 4 nitrogen and oxygen atoms in total. The number of aromatic nitrogens is 2. The lowest BCUT2D eigenvalue weighted by Crippen LogP contribution is -2.14. The molecular weight excluding hydrogens is 281 g/mol. The first-order valence-corrected chi connectivity index (χ1v) is 5.91. The van der Waals surface area contributed by atoms with Crippen LogP contribution in [0.5, 0.6) is 0 Å². The van der Waals surface area contributed by atoms with Gasteiger partial charge < -0.3 is 5.11 Å². The van der Waals surface area contributed by atoms with Crippen molar-refractivity contribution < 1.29 is 23.1 Å². The number of carboxylic acids is 1. The van der Waals surface area contributed by atoms with Crippen molar-refractivity contribution >= 4 is 32.5 Å². The topological polar surface area (TPSA) is 54.6 Å². The van der Waals surface area contributed by atoms with Gasteiger partial charge in [-0.05, 0) is 12.1 Å². The van der Waals surface area contributed by atoms with Crippen molar-refractivity contribution in [2.24, 2.45) is 0 Å². The summed E-state index contributed by atoms with van der Waals surface area (Å²) in [5.41, 5.74) is -1.81. The van der Waals surface area contributed by atoms with E-state index in [4.69, 9.17) is 5.11 Å². The number of rotatable bonds is 1. The minimum Gasteiger partial charge on any atom is -0.476 e. The summed E-state index contributed by atoms with van der Waals surface area (Å²) < 4.78 is 40.1. The van der Waals surface area contributed by atoms with Crippen LogP contribution in [0.15, 0.2) is 24.3 Å². The first-order chi connectivity index (χ1) is 8.89. The number of hydrogen-bond donors (Lipinski definition) is 1. The molecule has 0 aliphatic heterocycles. The van der Waals surface area contributed by atoms with E-state index in [1.54, 1.807) is 24.3 Å². The highest BCUT2D eigenvalue weighted by molar-refractivity contribution is 7.23. The fourth-order valence-electron chi connectivity index (χ4n) is 1.91. The third-order valence-corrected chi connectivity index (χ3v) is 3.65. The van der Waals surface area contributed by atoms with E-state index in [1.165, 1.54) is 0 Å². The summed E-state index contributed by atoms with van der Waals surface area (Å²) in [6.07, 6.45) is -4.79. The summed E-state index contributed by atoms with van der Waals surface area (Å²) in [6, 6.07) is 6.62. The van der Waals surface area contributed by atoms with E-state index in [-0.39, 0.29) is 4.96 Å². The highest BCUT2D eigenvalue weighted by Gasteiger charge is 2.41. The maximum Gasteiger partial charge on any atom is 0.435 e. The van der Waals surface area contributed by atoms with Crippen LogP contribution in [0.1, 0.15) is 16.2 Å². The van der Waals surface area contributed by atoms with Gasteiger partial charge in [0.05, 0.1) is 10.2 Å². The van der Waals surface area contributed by atoms with Crippen LogP contribution in [0.2, 0.25) is 0 Å². The van der Waals surface area contributed by atoms with Gasteiger partial charge in [-0.1, -0.05) is 23.5 Å². The number of thiazole rings is 1. The van der Waals surface area contributed by atoms with Crippen LogP contribution in [0.3, 0.4) is 0 Å². The third-order valence-electron chi connectivity index (χ3n) is 2.63. The van der Waals surface area contributed by atoms with Gasteiger partial charge in [0, 0.05) is 0 Å². The van der Waals surface area contributed by atoms with Gasteiger partial charge >= 0.3 is 12.1 Å². The number of carbonyl (C=O) groups is 1. The quantitative estimate of drug-likeness (QED) is 0.747. The van der Waals surface area contributed by atoms with Crippen LogP contribution in [0.4, 0.5) is 13.2 Å². The average molecular weight is 286 g/mol. The lowest BCUT2D eigenvalue weighted by molar-refractivity contribution is -0.141. The number of benzene rings is 1. The number of alkyl halides is 3. The van der Waals surface area contributed by atoms with E-state index in [1.807, 2.05) is 0 Å². The Morgan fingerprint density at radius 2 is 2.00 bits per heavy atom. The molecule has 0 spiro atoms. The van der Waals surface area contributed by atoms with Gasteiger partial charge in [0.25, 0.3) is 0 Å². The summed E-state index contributed by atoms with van der Waals surface area (Å²) in [5, 5.41) is 9.04. The number of nitrogens with zero attached hydrogens (tertiary/aromatic N) is 2. The molecular formula is C11H5F3N2O2S. The van der Waals surface area contributed by atoms with Gasteiger partial charge in [0.15, 0.2) is 16.3 Å². The Labute approximate surface area is 107 Å². The molecule has 0 unspecified atom stereocenters. The maximum atomic E-state index is 12.8. The number of halogens is 3. The van der Waals surface area contributed by atoms with Gasteiger partial charge in [-0.15, -0.1) is 0 Å². The van der Waals surface area contributed by atoms with Crippen LogP contribution >= 0.6 is 11.3 Å². The Bertz CT molecular complexity index is 803. The van der Waals surface area contributed by atoms with Crippen LogP contribution in [0, 0.1) is 0 Å². The van der Waals surface area contributed by atoms with E-state index >= 15 is 0 Å². The highest BCUT2D eigenvalue weighted by atomic mass is 32.1. The Kier molecular flexibility index (Phi) is 2.33. The molecule has 0 aliphatic carbocycles. The fourth-order valence-corrected chi connectivity index (χ4v) is 2.94. The molecule has 8 heteroatoms. The number of hydrogen-bond acceptors (Lipinski definition) is 3. The normalized spacial score (nSPS) is 12.4. The largest absolute Gasteiger partial charge is 0.476 e. The molecule has 0 aliphatic rings. The zero-order valence-corrected chi connectivity index (χ0v) is 9.92. The predicted octanol–water partition coefficient (Wildman–Crippen LogP) is 3.27. The summed E-state index contributed by atoms with van der Waals surface area (Å²) in [5.74, 6) is -1.65. The number of imidazole rings is 1. The van der Waals surface area contributed by atoms with Crippen LogP contribution in [0.25, 0.3) is 15.2 Å². The molecule has 0 atom stereocenters. The molecule has 0 bridgehead atoms. The van der Waals surface area contributed by atoms with Crippen LogP contribution < -0.4 is 0 Å². The standard InChI is InChI=1S/C11H5F3N2O2S/c12-11(13,14)8-7(9(17)18)16-5-3-1-2-4-6(5)19-10(16)15-8/h1-4H,(H,17,18). The molecule has 3 rings (SSSR count). The Morgan fingerprint density at radius 1 is 1.32 bits per heavy atom. The van der Waals surface area contributed by atoms with Crippen molar-refractivity contribution in [2.45, 2.75) is 6.18 Å². The van der Waals surface area contributed by atoms with Gasteiger partial charge in [-0.25, -0.2) is 9.78 Å². The van der Waals surface area contributed by atoms with Gasteiger partial charge in [-0.2, -0.15) is 13.2 Å². The molecule has 0 fully saturated rings. The third kappa shape index (κ3) is 1.67. The van der Waals surface area contributed by atoms with Crippen molar-refractivity contribution in [3.8, 4) is 0 Å². The average Bonchev–Trinajstić information content (AvgIpc) is 2.82. The van der Waals surface area contributed by atoms with Crippen LogP contribution in [-0.2, 0) is 6.18 Å². The molecule has 98 valence electrons. The molecule has 1 N–H and O–H groups in total. The Hall–Kier alpha value is -2.09. The minimum absolute atomic E-state index is 0.0194. The number of carboxylic acid groups (broad SMARTS) is 1. The molecule has 0 saturated heterocycles. The van der Waals surface area contributed by atoms with E-state index in [0.29, 0.717) is 10.2 Å². The highest BCUT2D eigenvalue weighted by Crippen LogP contribution is 2.36. The summed E-state index contributed by atoms with van der Waals surface area (Å²) >= 11 is 1.02. The predicted molar refractivity (Wildman–Crippen MR) is 62.5 cm³/mol. The molecule has 19 heavy (non-hydrogen) atoms. The van der Waals surface area contributed by atoms with E-state index < -0.39 is 23.5 Å². The van der Waals surface area contributed by atoms with Crippen molar-refractivity contribution in [3.05, 3.63) is 35.7 Å². The fraction of sp³-hybridized carbons (Fsp3) is 0.0909. The second-order valence-electron chi connectivity index (χ2n) is 3.80. The van der Waals surface area contributed by atoms with Crippen molar-refractivity contribution in [3.63, 3.8) is 0 Å². The number of fused-ring (bicyclic) bond motifs is 3. The Balaban J connectivity index is 2.49. The van der Waals surface area contributed by atoms with Crippen molar-refractivity contribution in [1.82, 2.24) is 9.38 Å². The van der Waals surface area contributed by atoms with Crippen molar-refractivity contribution in [1.29, 1.82) is 0 Å². The van der Waals surface area contributed by atoms with E-state index in [0.717, 1.165) is 15.7 Å². The summed E-state index contributed by atoms with van der Waals surface area (Å²) in [4.78, 5) is 14.6. The number of para-hydroxylation sites is 1. The molecule has 0 radical (unpaired) electrons. The van der Waals surface area contributed by atoms with Crippen molar-refractivity contribution in [2.75, 3.05) is 0 Å². The van der Waals surface area contributed by atoms with Crippen LogP contribution in [-0.4, -0.2) is 20.5 Å². The first-order valence-electron chi connectivity index (χ1n) is 5.10. The van der Waals surface area contributed by atoms with E-state index in [2.05, 4.69) is 4.98 Å². The Morgan fingerprint density at radius 3 is 2.63 bits per heavy atom.